The highest BCUT2D eigenvalue weighted by molar-refractivity contribution is 5.82. The Balaban J connectivity index is 1.98. The highest BCUT2D eigenvalue weighted by Crippen LogP contribution is 2.46. The molecule has 0 radical (unpaired) electrons. The molecule has 0 atom stereocenters. The minimum atomic E-state index is 0.129. The van der Waals surface area contributed by atoms with Crippen molar-refractivity contribution in [2.45, 2.75) is 39.8 Å². The van der Waals surface area contributed by atoms with Crippen molar-refractivity contribution in [3.8, 4) is 0 Å². The van der Waals surface area contributed by atoms with Gasteiger partial charge in [-0.3, -0.25) is 4.99 Å². The number of guanidine groups is 1. The van der Waals surface area contributed by atoms with E-state index >= 15 is 0 Å². The number of hydrogen-bond acceptors (Lipinski definition) is 2. The Bertz CT molecular complexity index is 541. The van der Waals surface area contributed by atoms with Crippen LogP contribution in [0.1, 0.15) is 33.3 Å². The molecule has 1 heterocycles. The fraction of sp³-hybridized carbons (Fsp3) is 0.611. The van der Waals surface area contributed by atoms with Gasteiger partial charge in [0.25, 0.3) is 0 Å². The van der Waals surface area contributed by atoms with Crippen molar-refractivity contribution < 1.29 is 0 Å². The van der Waals surface area contributed by atoms with Gasteiger partial charge in [-0.2, -0.15) is 0 Å². The molecule has 1 aliphatic heterocycles. The Morgan fingerprint density at radius 1 is 1.18 bits per heavy atom. The number of likely N-dealkylation sites (tertiary alicyclic amines) is 1. The van der Waals surface area contributed by atoms with Gasteiger partial charge in [0.1, 0.15) is 0 Å². The Hall–Kier alpha value is -1.71. The summed E-state index contributed by atoms with van der Waals surface area (Å²) >= 11 is 0. The van der Waals surface area contributed by atoms with E-state index in [9.17, 15) is 0 Å². The maximum Gasteiger partial charge on any atom is 0.194 e. The molecule has 4 nitrogen and oxygen atoms in total. The van der Waals surface area contributed by atoms with Crippen LogP contribution in [0.2, 0.25) is 0 Å². The van der Waals surface area contributed by atoms with Crippen molar-refractivity contribution in [3.63, 3.8) is 0 Å². The molecule has 1 aliphatic rings. The number of rotatable bonds is 3. The molecule has 1 aromatic carbocycles. The van der Waals surface area contributed by atoms with Crippen molar-refractivity contribution in [3.05, 3.63) is 29.8 Å². The van der Waals surface area contributed by atoms with E-state index in [2.05, 4.69) is 86.2 Å². The van der Waals surface area contributed by atoms with Crippen LogP contribution in [0.25, 0.3) is 0 Å². The second-order valence-electron chi connectivity index (χ2n) is 7.49. The number of hydrogen-bond donors (Lipinski definition) is 1. The van der Waals surface area contributed by atoms with E-state index in [0.717, 1.165) is 19.0 Å². The van der Waals surface area contributed by atoms with Gasteiger partial charge in [-0.1, -0.05) is 26.0 Å². The minimum Gasteiger partial charge on any atom is -0.378 e. The third-order valence-electron chi connectivity index (χ3n) is 5.26. The van der Waals surface area contributed by atoms with Crippen molar-refractivity contribution in [1.29, 1.82) is 0 Å². The van der Waals surface area contributed by atoms with Crippen molar-refractivity contribution >= 4 is 11.6 Å². The van der Waals surface area contributed by atoms with E-state index < -0.39 is 0 Å². The molecule has 1 saturated heterocycles. The summed E-state index contributed by atoms with van der Waals surface area (Å²) in [7, 11) is 5.98. The summed E-state index contributed by atoms with van der Waals surface area (Å²) in [6.45, 7) is 11.0. The molecule has 1 fully saturated rings. The summed E-state index contributed by atoms with van der Waals surface area (Å²) in [6, 6.07) is 8.63. The van der Waals surface area contributed by atoms with Gasteiger partial charge in [0.15, 0.2) is 5.96 Å². The lowest BCUT2D eigenvalue weighted by molar-refractivity contribution is -0.0667. The Morgan fingerprint density at radius 3 is 2.18 bits per heavy atom. The van der Waals surface area contributed by atoms with E-state index in [-0.39, 0.29) is 5.54 Å². The maximum atomic E-state index is 4.46. The number of anilines is 1. The van der Waals surface area contributed by atoms with E-state index in [0.29, 0.717) is 5.41 Å². The Morgan fingerprint density at radius 2 is 1.77 bits per heavy atom. The van der Waals surface area contributed by atoms with Crippen LogP contribution in [0.3, 0.4) is 0 Å². The van der Waals surface area contributed by atoms with Crippen LogP contribution in [0.4, 0.5) is 5.69 Å². The summed E-state index contributed by atoms with van der Waals surface area (Å²) in [5, 5.41) is 3.49. The zero-order valence-corrected chi connectivity index (χ0v) is 15.1. The van der Waals surface area contributed by atoms with Crippen molar-refractivity contribution in [1.82, 2.24) is 10.2 Å². The molecule has 22 heavy (non-hydrogen) atoms. The SMILES string of the molecule is CN=C(NCc1ccc(N(C)C)cc1)N1CC(C)(C)C1(C)C. The molecule has 122 valence electrons. The molecule has 1 aromatic rings. The summed E-state index contributed by atoms with van der Waals surface area (Å²) in [4.78, 5) is 8.93. The molecule has 4 heteroatoms. The fourth-order valence-corrected chi connectivity index (χ4v) is 2.79. The van der Waals surface area contributed by atoms with Gasteiger partial charge in [-0.15, -0.1) is 0 Å². The van der Waals surface area contributed by atoms with E-state index in [1.54, 1.807) is 0 Å². The molecule has 0 bridgehead atoms. The lowest BCUT2D eigenvalue weighted by Crippen LogP contribution is -2.72. The molecule has 0 aliphatic carbocycles. The first kappa shape index (κ1) is 16.7. The van der Waals surface area contributed by atoms with E-state index in [1.165, 1.54) is 11.3 Å². The molecule has 0 spiro atoms. The quantitative estimate of drug-likeness (QED) is 0.688. The highest BCUT2D eigenvalue weighted by atomic mass is 15.4. The van der Waals surface area contributed by atoms with Crippen LogP contribution in [0.15, 0.2) is 29.3 Å². The largest absolute Gasteiger partial charge is 0.378 e. The predicted octanol–water partition coefficient (Wildman–Crippen LogP) is 2.95. The van der Waals surface area contributed by atoms with E-state index in [1.807, 2.05) is 7.05 Å². The maximum absolute atomic E-state index is 4.46. The van der Waals surface area contributed by atoms with Gasteiger partial charge in [-0.25, -0.2) is 0 Å². The van der Waals surface area contributed by atoms with Crippen LogP contribution in [0, 0.1) is 5.41 Å². The third kappa shape index (κ3) is 2.92. The summed E-state index contributed by atoms with van der Waals surface area (Å²) < 4.78 is 0. The molecule has 1 N–H and O–H groups in total. The normalized spacial score (nSPS) is 19.6. The average molecular weight is 302 g/mol. The summed E-state index contributed by atoms with van der Waals surface area (Å²) in [6.07, 6.45) is 0. The fourth-order valence-electron chi connectivity index (χ4n) is 2.79. The lowest BCUT2D eigenvalue weighted by atomic mass is 9.65. The number of nitrogens with one attached hydrogen (secondary N) is 1. The molecule has 0 unspecified atom stereocenters. The van der Waals surface area contributed by atoms with Gasteiger partial charge in [0.2, 0.25) is 0 Å². The Kier molecular flexibility index (Phi) is 4.41. The van der Waals surface area contributed by atoms with Gasteiger partial charge < -0.3 is 15.1 Å². The van der Waals surface area contributed by atoms with Crippen LogP contribution in [-0.4, -0.2) is 44.1 Å². The standard InChI is InChI=1S/C18H30N4/c1-17(2)13-22(18(17,3)4)16(19-5)20-12-14-8-10-15(11-9-14)21(6)7/h8-11H,12-13H2,1-7H3,(H,19,20). The number of aliphatic imine (C=N–C) groups is 1. The number of benzene rings is 1. The zero-order valence-electron chi connectivity index (χ0n) is 15.1. The first-order chi connectivity index (χ1) is 10.2. The van der Waals surface area contributed by atoms with Crippen LogP contribution >= 0.6 is 0 Å². The van der Waals surface area contributed by atoms with Gasteiger partial charge >= 0.3 is 0 Å². The monoisotopic (exact) mass is 302 g/mol. The average Bonchev–Trinajstić information content (AvgIpc) is 2.47. The molecular formula is C18H30N4. The highest BCUT2D eigenvalue weighted by Gasteiger charge is 2.53. The first-order valence-electron chi connectivity index (χ1n) is 7.93. The second-order valence-corrected chi connectivity index (χ2v) is 7.49. The smallest absolute Gasteiger partial charge is 0.194 e. The molecule has 2 rings (SSSR count). The second kappa shape index (κ2) is 5.82. The third-order valence-corrected chi connectivity index (χ3v) is 5.26. The number of nitrogens with zero attached hydrogens (tertiary/aromatic N) is 3. The van der Waals surface area contributed by atoms with Crippen LogP contribution < -0.4 is 10.2 Å². The summed E-state index contributed by atoms with van der Waals surface area (Å²) in [5.74, 6) is 0.987. The van der Waals surface area contributed by atoms with Crippen molar-refractivity contribution in [2.24, 2.45) is 10.4 Å². The molecule has 0 saturated carbocycles. The van der Waals surface area contributed by atoms with Gasteiger partial charge in [0.05, 0.1) is 0 Å². The molecular weight excluding hydrogens is 272 g/mol. The zero-order chi connectivity index (χ0) is 16.5. The lowest BCUT2D eigenvalue weighted by Gasteiger charge is -2.62. The van der Waals surface area contributed by atoms with Crippen LogP contribution in [-0.2, 0) is 6.54 Å². The predicted molar refractivity (Wildman–Crippen MR) is 95.5 cm³/mol. The van der Waals surface area contributed by atoms with Gasteiger partial charge in [0, 0.05) is 50.9 Å². The topological polar surface area (TPSA) is 30.9 Å². The first-order valence-corrected chi connectivity index (χ1v) is 7.93. The minimum absolute atomic E-state index is 0.129. The van der Waals surface area contributed by atoms with Crippen molar-refractivity contribution in [2.75, 3.05) is 32.6 Å². The molecule has 0 aromatic heterocycles. The van der Waals surface area contributed by atoms with E-state index in [4.69, 9.17) is 0 Å². The Labute approximate surface area is 135 Å². The molecule has 0 amide bonds. The van der Waals surface area contributed by atoms with Gasteiger partial charge in [-0.05, 0) is 31.5 Å². The summed E-state index contributed by atoms with van der Waals surface area (Å²) in [5.41, 5.74) is 2.94. The van der Waals surface area contributed by atoms with Crippen LogP contribution in [0.5, 0.6) is 0 Å².